The zero-order valence-corrected chi connectivity index (χ0v) is 11.2. The van der Waals surface area contributed by atoms with E-state index in [2.05, 4.69) is 25.1 Å². The van der Waals surface area contributed by atoms with E-state index < -0.39 is 0 Å². The number of hydrogen-bond acceptors (Lipinski definition) is 1. The van der Waals surface area contributed by atoms with E-state index in [1.165, 1.54) is 0 Å². The van der Waals surface area contributed by atoms with Gasteiger partial charge in [0.1, 0.15) is 0 Å². The van der Waals surface area contributed by atoms with E-state index >= 15 is 0 Å². The van der Waals surface area contributed by atoms with E-state index in [4.69, 9.17) is 0 Å². The first kappa shape index (κ1) is 14.6. The van der Waals surface area contributed by atoms with Crippen LogP contribution in [0.2, 0.25) is 0 Å². The summed E-state index contributed by atoms with van der Waals surface area (Å²) in [5.74, 6) is 1.99. The topological polar surface area (TPSA) is 29.4 Å². The molecule has 0 radical (unpaired) electrons. The molecule has 0 saturated heterocycles. The predicted octanol–water partition coefficient (Wildman–Crippen LogP) is 3.49. The van der Waals surface area contributed by atoms with Crippen LogP contribution in [0.5, 0.6) is 0 Å². The highest BCUT2D eigenvalue weighted by Crippen LogP contribution is 2.04. The van der Waals surface area contributed by atoms with E-state index in [0.717, 1.165) is 36.3 Å². The number of nitrogens with zero attached hydrogens (tertiary/aromatic N) is 1. The number of hydrogen-bond donors (Lipinski definition) is 0. The van der Waals surface area contributed by atoms with Gasteiger partial charge in [-0.3, -0.25) is 4.79 Å². The van der Waals surface area contributed by atoms with E-state index in [9.17, 15) is 4.79 Å². The Bertz CT molecular complexity index is 256. The summed E-state index contributed by atoms with van der Waals surface area (Å²) in [5.41, 5.74) is 1.14. The average molecular weight is 229 g/mol. The second kappa shape index (κ2) is 8.84. The average Bonchev–Trinajstić information content (AvgIpc) is 2.17. The van der Waals surface area contributed by atoms with Crippen molar-refractivity contribution in [2.75, 3.05) is 11.5 Å². The first-order valence-corrected chi connectivity index (χ1v) is 7.26. The molecule has 0 fully saturated rings. The van der Waals surface area contributed by atoms with Gasteiger partial charge in [-0.15, -0.1) is 0 Å². The molecule has 1 atom stereocenters. The highest BCUT2D eigenvalue weighted by atomic mass is 32.2. The Balaban J connectivity index is 4.37. The van der Waals surface area contributed by atoms with Crippen LogP contribution in [0.3, 0.4) is 0 Å². The van der Waals surface area contributed by atoms with Crippen molar-refractivity contribution in [3.8, 4) is 0 Å². The maximum Gasteiger partial charge on any atom is 0.275 e. The fourth-order valence-electron chi connectivity index (χ4n) is 1.32. The maximum atomic E-state index is 11.5. The van der Waals surface area contributed by atoms with Gasteiger partial charge in [-0.1, -0.05) is 43.5 Å². The van der Waals surface area contributed by atoms with Gasteiger partial charge in [0.25, 0.3) is 5.91 Å². The zero-order valence-electron chi connectivity index (χ0n) is 10.4. The first-order chi connectivity index (χ1) is 7.13. The van der Waals surface area contributed by atoms with E-state index in [-0.39, 0.29) is 16.6 Å². The molecule has 0 bridgehead atoms. The largest absolute Gasteiger partial charge is 0.275 e. The summed E-state index contributed by atoms with van der Waals surface area (Å²) in [4.78, 5) is 11.5. The van der Waals surface area contributed by atoms with Gasteiger partial charge in [0.2, 0.25) is 0 Å². The molecule has 0 aromatic heterocycles. The van der Waals surface area contributed by atoms with Gasteiger partial charge < -0.3 is 0 Å². The van der Waals surface area contributed by atoms with Crippen molar-refractivity contribution in [3.05, 3.63) is 11.6 Å². The molecular weight excluding hydrogens is 206 g/mol. The van der Waals surface area contributed by atoms with Gasteiger partial charge in [0.15, 0.2) is 0 Å². The molecule has 3 heteroatoms. The molecule has 0 aliphatic carbocycles. The zero-order chi connectivity index (χ0) is 11.7. The van der Waals surface area contributed by atoms with Crippen LogP contribution in [-0.2, 0) is 15.5 Å². The maximum absolute atomic E-state index is 11.5. The fourth-order valence-corrected chi connectivity index (χ4v) is 2.61. The van der Waals surface area contributed by atoms with E-state index in [1.807, 2.05) is 6.92 Å². The van der Waals surface area contributed by atoms with Gasteiger partial charge in [0.05, 0.1) is 0 Å². The minimum absolute atomic E-state index is 0.0421. The molecule has 0 aliphatic heterocycles. The lowest BCUT2D eigenvalue weighted by Crippen LogP contribution is -2.02. The molecule has 0 aromatic carbocycles. The van der Waals surface area contributed by atoms with Crippen molar-refractivity contribution in [1.82, 2.24) is 0 Å². The van der Waals surface area contributed by atoms with Crippen molar-refractivity contribution >= 4 is 16.6 Å². The Morgan fingerprint density at radius 3 is 2.40 bits per heavy atom. The second-order valence-corrected chi connectivity index (χ2v) is 5.72. The minimum atomic E-state index is -0.0510. The Hall–Kier alpha value is -0.440. The molecule has 88 valence electrons. The second-order valence-electron chi connectivity index (χ2n) is 3.63. The third-order valence-corrected chi connectivity index (χ3v) is 3.99. The van der Waals surface area contributed by atoms with Crippen molar-refractivity contribution in [1.29, 1.82) is 0 Å². The third-order valence-electron chi connectivity index (χ3n) is 2.01. The minimum Gasteiger partial charge on any atom is -0.267 e. The highest BCUT2D eigenvalue weighted by molar-refractivity contribution is 7.87. The molecule has 0 saturated carbocycles. The summed E-state index contributed by atoms with van der Waals surface area (Å²) < 4.78 is 4.22. The van der Waals surface area contributed by atoms with Crippen molar-refractivity contribution in [2.45, 2.75) is 47.0 Å². The summed E-state index contributed by atoms with van der Waals surface area (Å²) in [6, 6.07) is 0. The number of carbonyl (C=O) groups excluding carboxylic acids is 1. The van der Waals surface area contributed by atoms with Gasteiger partial charge in [0, 0.05) is 17.6 Å². The lowest BCUT2D eigenvalue weighted by molar-refractivity contribution is -0.113. The quantitative estimate of drug-likeness (QED) is 0.641. The van der Waals surface area contributed by atoms with Crippen LogP contribution >= 0.6 is 0 Å². The Morgan fingerprint density at radius 1 is 1.27 bits per heavy atom. The van der Waals surface area contributed by atoms with E-state index in [1.54, 1.807) is 6.08 Å². The number of amides is 1. The van der Waals surface area contributed by atoms with Crippen molar-refractivity contribution < 1.29 is 4.79 Å². The molecular formula is C12H23NOS. The Kier molecular flexibility index (Phi) is 8.58. The van der Waals surface area contributed by atoms with Crippen LogP contribution in [0.4, 0.5) is 0 Å². The molecule has 0 rings (SSSR count). The van der Waals surface area contributed by atoms with Crippen LogP contribution in [0.25, 0.3) is 0 Å². The van der Waals surface area contributed by atoms with Gasteiger partial charge >= 0.3 is 0 Å². The van der Waals surface area contributed by atoms with E-state index in [0.29, 0.717) is 0 Å². The predicted molar refractivity (Wildman–Crippen MR) is 69.2 cm³/mol. The van der Waals surface area contributed by atoms with Gasteiger partial charge in [-0.05, 0) is 19.8 Å². The van der Waals surface area contributed by atoms with Crippen molar-refractivity contribution in [3.63, 3.8) is 0 Å². The fraction of sp³-hybridized carbons (Fsp3) is 0.750. The molecule has 15 heavy (non-hydrogen) atoms. The molecule has 0 spiro atoms. The lowest BCUT2D eigenvalue weighted by Gasteiger charge is -2.01. The van der Waals surface area contributed by atoms with Gasteiger partial charge in [-0.25, -0.2) is 0 Å². The van der Waals surface area contributed by atoms with Crippen LogP contribution in [-0.4, -0.2) is 17.4 Å². The normalized spacial score (nSPS) is 14.3. The molecule has 0 heterocycles. The number of carbonyl (C=O) groups is 1. The molecule has 2 nitrogen and oxygen atoms in total. The highest BCUT2D eigenvalue weighted by Gasteiger charge is 1.98. The van der Waals surface area contributed by atoms with Crippen LogP contribution in [0.1, 0.15) is 47.0 Å². The molecule has 0 aromatic rings. The molecule has 1 amide bonds. The lowest BCUT2D eigenvalue weighted by atomic mass is 10.2. The van der Waals surface area contributed by atoms with Gasteiger partial charge in [-0.2, -0.15) is 4.36 Å². The molecule has 1 unspecified atom stereocenters. The van der Waals surface area contributed by atoms with Crippen LogP contribution in [0.15, 0.2) is 16.0 Å². The summed E-state index contributed by atoms with van der Waals surface area (Å²) >= 11 is 0. The number of allylic oxidation sites excluding steroid dienone is 1. The summed E-state index contributed by atoms with van der Waals surface area (Å²) in [6.45, 7) is 8.35. The van der Waals surface area contributed by atoms with Crippen LogP contribution in [0, 0.1) is 0 Å². The summed E-state index contributed by atoms with van der Waals surface area (Å²) in [5, 5.41) is 0. The number of rotatable bonds is 6. The first-order valence-electron chi connectivity index (χ1n) is 5.74. The smallest absolute Gasteiger partial charge is 0.267 e. The SMILES string of the molecule is CCCC(C)=CC(=O)N=S(CC)CCC. The van der Waals surface area contributed by atoms with Crippen LogP contribution < -0.4 is 0 Å². The monoisotopic (exact) mass is 229 g/mol. The summed E-state index contributed by atoms with van der Waals surface area (Å²) in [6.07, 6.45) is 4.87. The van der Waals surface area contributed by atoms with Crippen molar-refractivity contribution in [2.24, 2.45) is 4.36 Å². The standard InChI is InChI=1S/C12H23NOS/c1-5-8-11(4)10-12(14)13-15(7-3)9-6-2/h10H,5-9H2,1-4H3. The molecule has 0 N–H and O–H groups in total. The third kappa shape index (κ3) is 7.48. The Labute approximate surface area is 96.3 Å². The summed E-state index contributed by atoms with van der Waals surface area (Å²) in [7, 11) is -0.0510. The Morgan fingerprint density at radius 2 is 1.93 bits per heavy atom. The molecule has 0 aliphatic rings.